The number of pyridine rings is 1. The molecule has 1 aromatic heterocycles. The van der Waals surface area contributed by atoms with Crippen LogP contribution in [0, 0.1) is 5.92 Å². The summed E-state index contributed by atoms with van der Waals surface area (Å²) in [7, 11) is -2.86. The highest BCUT2D eigenvalue weighted by Gasteiger charge is 2.34. The Hall–Kier alpha value is -1.46. The first-order chi connectivity index (χ1) is 10.1. The summed E-state index contributed by atoms with van der Waals surface area (Å²) in [5, 5.41) is 4.56. The Labute approximate surface area is 125 Å². The third-order valence-electron chi connectivity index (χ3n) is 4.15. The van der Waals surface area contributed by atoms with Crippen LogP contribution in [0.1, 0.15) is 24.9 Å². The zero-order chi connectivity index (χ0) is 14.9. The largest absolute Gasteiger partial charge is 0.310 e. The lowest BCUT2D eigenvalue weighted by Gasteiger charge is -2.24. The summed E-state index contributed by atoms with van der Waals surface area (Å²) < 4.78 is 23.5. The minimum atomic E-state index is -2.86. The Morgan fingerprint density at radius 1 is 1.38 bits per heavy atom. The molecule has 1 N–H and O–H groups in total. The van der Waals surface area contributed by atoms with Crippen LogP contribution in [-0.2, 0) is 9.84 Å². The van der Waals surface area contributed by atoms with Crippen molar-refractivity contribution in [3.05, 3.63) is 42.1 Å². The smallest absolute Gasteiger partial charge is 0.150 e. The zero-order valence-corrected chi connectivity index (χ0v) is 12.9. The van der Waals surface area contributed by atoms with E-state index in [0.717, 1.165) is 29.4 Å². The van der Waals surface area contributed by atoms with E-state index in [1.807, 2.05) is 12.1 Å². The van der Waals surface area contributed by atoms with Gasteiger partial charge in [-0.1, -0.05) is 25.1 Å². The molecule has 2 aromatic rings. The van der Waals surface area contributed by atoms with Gasteiger partial charge in [-0.25, -0.2) is 8.42 Å². The molecule has 0 amide bonds. The van der Waals surface area contributed by atoms with Crippen LogP contribution < -0.4 is 5.32 Å². The lowest BCUT2D eigenvalue weighted by Crippen LogP contribution is -2.29. The Bertz CT molecular complexity index is 743. The minimum Gasteiger partial charge on any atom is -0.310 e. The summed E-state index contributed by atoms with van der Waals surface area (Å²) in [6, 6.07) is 10.3. The molecule has 0 radical (unpaired) electrons. The van der Waals surface area contributed by atoms with Gasteiger partial charge >= 0.3 is 0 Å². The molecule has 2 atom stereocenters. The van der Waals surface area contributed by atoms with Gasteiger partial charge in [-0.2, -0.15) is 0 Å². The standard InChI is InChI=1S/C16H20N2O2S/c1-2-17-16(14-7-9-21(19,20)11-14)13-6-5-12-4-3-8-18-15(12)10-13/h3-6,8,10,14,16-17H,2,7,9,11H2,1H3. The van der Waals surface area contributed by atoms with E-state index in [2.05, 4.69) is 35.4 Å². The van der Waals surface area contributed by atoms with E-state index in [1.54, 1.807) is 6.20 Å². The monoisotopic (exact) mass is 304 g/mol. The number of rotatable bonds is 4. The molecule has 3 rings (SSSR count). The third kappa shape index (κ3) is 3.09. The third-order valence-corrected chi connectivity index (χ3v) is 5.95. The SMILES string of the molecule is CCNC(c1ccc2cccnc2c1)C1CCS(=O)(=O)C1. The van der Waals surface area contributed by atoms with Crippen molar-refractivity contribution in [3.8, 4) is 0 Å². The predicted octanol–water partition coefficient (Wildman–Crippen LogP) is 2.32. The van der Waals surface area contributed by atoms with E-state index < -0.39 is 9.84 Å². The van der Waals surface area contributed by atoms with Crippen molar-refractivity contribution in [2.45, 2.75) is 19.4 Å². The topological polar surface area (TPSA) is 59.1 Å². The van der Waals surface area contributed by atoms with Crippen LogP contribution in [0.2, 0.25) is 0 Å². The van der Waals surface area contributed by atoms with Gasteiger partial charge in [0.05, 0.1) is 17.0 Å². The molecule has 2 unspecified atom stereocenters. The van der Waals surface area contributed by atoms with E-state index in [4.69, 9.17) is 0 Å². The molecule has 4 nitrogen and oxygen atoms in total. The molecule has 0 bridgehead atoms. The first-order valence-electron chi connectivity index (χ1n) is 7.37. The normalized spacial score (nSPS) is 22.4. The average molecular weight is 304 g/mol. The van der Waals surface area contributed by atoms with Crippen molar-refractivity contribution in [2.75, 3.05) is 18.1 Å². The Morgan fingerprint density at radius 3 is 2.95 bits per heavy atom. The van der Waals surface area contributed by atoms with Crippen molar-refractivity contribution < 1.29 is 8.42 Å². The summed E-state index contributed by atoms with van der Waals surface area (Å²) in [5.41, 5.74) is 2.09. The molecule has 5 heteroatoms. The van der Waals surface area contributed by atoms with Crippen molar-refractivity contribution >= 4 is 20.7 Å². The van der Waals surface area contributed by atoms with Gasteiger partial charge in [-0.3, -0.25) is 4.98 Å². The second-order valence-electron chi connectivity index (χ2n) is 5.65. The number of fused-ring (bicyclic) bond motifs is 1. The van der Waals surface area contributed by atoms with Crippen LogP contribution >= 0.6 is 0 Å². The summed E-state index contributed by atoms with van der Waals surface area (Å²) >= 11 is 0. The second kappa shape index (κ2) is 5.73. The molecule has 112 valence electrons. The van der Waals surface area contributed by atoms with E-state index >= 15 is 0 Å². The predicted molar refractivity (Wildman–Crippen MR) is 84.9 cm³/mol. The van der Waals surface area contributed by atoms with Crippen molar-refractivity contribution in [1.29, 1.82) is 0 Å². The number of nitrogens with one attached hydrogen (secondary N) is 1. The van der Waals surface area contributed by atoms with Gasteiger partial charge < -0.3 is 5.32 Å². The number of nitrogens with zero attached hydrogens (tertiary/aromatic N) is 1. The van der Waals surface area contributed by atoms with Crippen LogP contribution in [0.25, 0.3) is 10.9 Å². The Kier molecular flexibility index (Phi) is 3.95. The van der Waals surface area contributed by atoms with Gasteiger partial charge in [0.25, 0.3) is 0 Å². The first-order valence-corrected chi connectivity index (χ1v) is 9.20. The molecular weight excluding hydrogens is 284 g/mol. The quantitative estimate of drug-likeness (QED) is 0.942. The molecule has 0 aliphatic carbocycles. The number of hydrogen-bond acceptors (Lipinski definition) is 4. The van der Waals surface area contributed by atoms with Crippen LogP contribution in [0.4, 0.5) is 0 Å². The van der Waals surface area contributed by atoms with Gasteiger partial charge in [0, 0.05) is 17.6 Å². The van der Waals surface area contributed by atoms with Crippen molar-refractivity contribution in [2.24, 2.45) is 5.92 Å². The lowest BCUT2D eigenvalue weighted by atomic mass is 9.92. The van der Waals surface area contributed by atoms with Gasteiger partial charge in [-0.15, -0.1) is 0 Å². The fraction of sp³-hybridized carbons (Fsp3) is 0.438. The van der Waals surface area contributed by atoms with E-state index in [0.29, 0.717) is 5.75 Å². The minimum absolute atomic E-state index is 0.0821. The molecule has 0 saturated carbocycles. The fourth-order valence-electron chi connectivity index (χ4n) is 3.14. The first kappa shape index (κ1) is 14.5. The van der Waals surface area contributed by atoms with E-state index in [9.17, 15) is 8.42 Å². The van der Waals surface area contributed by atoms with Crippen molar-refractivity contribution in [3.63, 3.8) is 0 Å². The maximum Gasteiger partial charge on any atom is 0.150 e. The van der Waals surface area contributed by atoms with Gasteiger partial charge in [0.2, 0.25) is 0 Å². The summed E-state index contributed by atoms with van der Waals surface area (Å²) in [5.74, 6) is 0.743. The highest BCUT2D eigenvalue weighted by molar-refractivity contribution is 7.91. The summed E-state index contributed by atoms with van der Waals surface area (Å²) in [4.78, 5) is 4.39. The highest BCUT2D eigenvalue weighted by atomic mass is 32.2. The fourth-order valence-corrected chi connectivity index (χ4v) is 4.98. The molecular formula is C16H20N2O2S. The highest BCUT2D eigenvalue weighted by Crippen LogP contribution is 2.32. The average Bonchev–Trinajstić information content (AvgIpc) is 2.84. The van der Waals surface area contributed by atoms with E-state index in [1.165, 1.54) is 0 Å². The van der Waals surface area contributed by atoms with Crippen LogP contribution in [0.3, 0.4) is 0 Å². The maximum atomic E-state index is 11.8. The molecule has 1 aliphatic rings. The van der Waals surface area contributed by atoms with Crippen LogP contribution in [0.5, 0.6) is 0 Å². The number of aromatic nitrogens is 1. The van der Waals surface area contributed by atoms with Crippen LogP contribution in [-0.4, -0.2) is 31.5 Å². The molecule has 1 saturated heterocycles. The molecule has 1 aliphatic heterocycles. The van der Waals surface area contributed by atoms with Gasteiger partial charge in [0.1, 0.15) is 0 Å². The van der Waals surface area contributed by atoms with E-state index in [-0.39, 0.29) is 17.7 Å². The maximum absolute atomic E-state index is 11.8. The second-order valence-corrected chi connectivity index (χ2v) is 7.88. The zero-order valence-electron chi connectivity index (χ0n) is 12.1. The van der Waals surface area contributed by atoms with Gasteiger partial charge in [0.15, 0.2) is 9.84 Å². The Morgan fingerprint density at radius 2 is 2.24 bits per heavy atom. The lowest BCUT2D eigenvalue weighted by molar-refractivity contribution is 0.400. The van der Waals surface area contributed by atoms with Crippen LogP contribution in [0.15, 0.2) is 36.5 Å². The summed E-state index contributed by atoms with van der Waals surface area (Å²) in [6.07, 6.45) is 2.52. The molecule has 1 fully saturated rings. The number of hydrogen-bond donors (Lipinski definition) is 1. The Balaban J connectivity index is 1.95. The molecule has 1 aromatic carbocycles. The number of benzene rings is 1. The molecule has 21 heavy (non-hydrogen) atoms. The molecule has 0 spiro atoms. The summed E-state index contributed by atoms with van der Waals surface area (Å²) in [6.45, 7) is 2.87. The molecule has 2 heterocycles. The van der Waals surface area contributed by atoms with Crippen molar-refractivity contribution in [1.82, 2.24) is 10.3 Å². The van der Waals surface area contributed by atoms with Gasteiger partial charge in [-0.05, 0) is 36.6 Å². The number of sulfone groups is 1.